The summed E-state index contributed by atoms with van der Waals surface area (Å²) in [4.78, 5) is 8.96. The fourth-order valence-electron chi connectivity index (χ4n) is 6.73. The van der Waals surface area contributed by atoms with Crippen molar-refractivity contribution in [2.45, 2.75) is 44.7 Å². The van der Waals surface area contributed by atoms with Gasteiger partial charge in [0.15, 0.2) is 0 Å². The van der Waals surface area contributed by atoms with Crippen molar-refractivity contribution in [2.75, 3.05) is 29.6 Å². The third kappa shape index (κ3) is 4.77. The average molecular weight is 485 g/mol. The van der Waals surface area contributed by atoms with Gasteiger partial charge in [0.25, 0.3) is 0 Å². The lowest BCUT2D eigenvalue weighted by molar-refractivity contribution is -0.0688. The molecule has 4 fully saturated rings. The van der Waals surface area contributed by atoms with Gasteiger partial charge in [-0.25, -0.2) is 4.98 Å². The van der Waals surface area contributed by atoms with Crippen LogP contribution in [-0.2, 0) is 6.54 Å². The molecule has 4 aliphatic carbocycles. The molecule has 2 aromatic rings. The smallest absolute Gasteiger partial charge is 0.224 e. The molecule has 0 aliphatic heterocycles. The minimum absolute atomic E-state index is 0.290. The molecule has 4 saturated carbocycles. The van der Waals surface area contributed by atoms with Crippen LogP contribution in [0.25, 0.3) is 0 Å². The Morgan fingerprint density at radius 3 is 2.64 bits per heavy atom. The van der Waals surface area contributed by atoms with Gasteiger partial charge in [-0.15, -0.1) is 11.6 Å². The predicted octanol–water partition coefficient (Wildman–Crippen LogP) is 5.05. The number of benzene rings is 1. The Labute approximate surface area is 205 Å². The van der Waals surface area contributed by atoms with Gasteiger partial charge < -0.3 is 16.0 Å². The van der Waals surface area contributed by atoms with Gasteiger partial charge in [-0.3, -0.25) is 0 Å². The minimum Gasteiger partial charge on any atom is -0.368 e. The monoisotopic (exact) mass is 484 g/mol. The molecule has 3 N–H and O–H groups in total. The first kappa shape index (κ1) is 22.7. The molecule has 6 nitrogen and oxygen atoms in total. The molecule has 1 heterocycles. The predicted molar refractivity (Wildman–Crippen MR) is 133 cm³/mol. The van der Waals surface area contributed by atoms with Crippen molar-refractivity contribution in [3.63, 3.8) is 0 Å². The maximum absolute atomic E-state index is 9.60. The lowest BCUT2D eigenvalue weighted by Gasteiger charge is -2.60. The maximum Gasteiger partial charge on any atom is 0.224 e. The summed E-state index contributed by atoms with van der Waals surface area (Å²) in [5.41, 5.74) is 1.75. The number of nitriles is 1. The van der Waals surface area contributed by atoms with E-state index < -0.39 is 0 Å². The van der Waals surface area contributed by atoms with Crippen LogP contribution in [0, 0.1) is 34.5 Å². The molecule has 5 atom stereocenters. The third-order valence-corrected chi connectivity index (χ3v) is 8.37. The van der Waals surface area contributed by atoms with Crippen molar-refractivity contribution in [3.8, 4) is 6.07 Å². The highest BCUT2D eigenvalue weighted by atomic mass is 35.5. The fraction of sp³-hybridized carbons (Fsp3) is 0.560. The Morgan fingerprint density at radius 2 is 1.91 bits per heavy atom. The van der Waals surface area contributed by atoms with E-state index in [0.29, 0.717) is 46.2 Å². The van der Waals surface area contributed by atoms with Gasteiger partial charge in [-0.2, -0.15) is 10.2 Å². The Kier molecular flexibility index (Phi) is 6.65. The standard InChI is InChI=1S/C25H30Cl2N6/c26-5-6-29-22-18-7-16-8-19(22)11-25(9-16,10-18)15-32-23-20(12-28)14-31-24(33-23)30-13-17-3-1-2-4-21(17)27/h1-4,14,16,18-19,22,29H,5-11,13,15H2,(H2,30,31,32,33)/t16?,18-,19+,22?,25?. The molecule has 3 unspecified atom stereocenters. The summed E-state index contributed by atoms with van der Waals surface area (Å²) in [5.74, 6) is 4.06. The molecule has 0 radical (unpaired) electrons. The van der Waals surface area contributed by atoms with Gasteiger partial charge in [0.05, 0.1) is 6.20 Å². The molecule has 0 amide bonds. The van der Waals surface area contributed by atoms with Crippen LogP contribution in [0.3, 0.4) is 0 Å². The molecule has 8 heteroatoms. The molecule has 33 heavy (non-hydrogen) atoms. The van der Waals surface area contributed by atoms with E-state index >= 15 is 0 Å². The van der Waals surface area contributed by atoms with Gasteiger partial charge in [0.1, 0.15) is 17.5 Å². The first-order valence-electron chi connectivity index (χ1n) is 11.9. The summed E-state index contributed by atoms with van der Waals surface area (Å²) in [6.07, 6.45) is 8.02. The summed E-state index contributed by atoms with van der Waals surface area (Å²) >= 11 is 12.2. The normalized spacial score (nSPS) is 29.6. The van der Waals surface area contributed by atoms with E-state index in [9.17, 15) is 5.26 Å². The number of nitrogens with zero attached hydrogens (tertiary/aromatic N) is 3. The van der Waals surface area contributed by atoms with Gasteiger partial charge in [0, 0.05) is 36.6 Å². The number of rotatable bonds is 9. The molecule has 4 bridgehead atoms. The minimum atomic E-state index is 0.290. The fourth-order valence-corrected chi connectivity index (χ4v) is 7.05. The maximum atomic E-state index is 9.60. The molecule has 4 aliphatic rings. The Hall–Kier alpha value is -2.07. The first-order valence-corrected chi connectivity index (χ1v) is 12.8. The van der Waals surface area contributed by atoms with Crippen LogP contribution in [0.15, 0.2) is 30.5 Å². The van der Waals surface area contributed by atoms with Crippen molar-refractivity contribution in [3.05, 3.63) is 46.6 Å². The van der Waals surface area contributed by atoms with Crippen LogP contribution in [0.2, 0.25) is 5.02 Å². The molecular weight excluding hydrogens is 455 g/mol. The second kappa shape index (κ2) is 9.66. The number of aromatic nitrogens is 2. The van der Waals surface area contributed by atoms with Crippen LogP contribution in [0.5, 0.6) is 0 Å². The Bertz CT molecular complexity index is 1020. The van der Waals surface area contributed by atoms with E-state index in [4.69, 9.17) is 23.2 Å². The topological polar surface area (TPSA) is 85.7 Å². The quantitative estimate of drug-likeness (QED) is 0.431. The number of nitrogens with one attached hydrogen (secondary N) is 3. The zero-order valence-electron chi connectivity index (χ0n) is 18.7. The summed E-state index contributed by atoms with van der Waals surface area (Å²) in [5, 5.41) is 20.8. The molecule has 6 rings (SSSR count). The van der Waals surface area contributed by atoms with Crippen molar-refractivity contribution >= 4 is 35.0 Å². The van der Waals surface area contributed by atoms with Crippen LogP contribution in [-0.4, -0.2) is 35.0 Å². The zero-order chi connectivity index (χ0) is 22.8. The summed E-state index contributed by atoms with van der Waals surface area (Å²) in [6, 6.07) is 10.6. The van der Waals surface area contributed by atoms with E-state index in [2.05, 4.69) is 32.0 Å². The molecule has 174 valence electrons. The number of hydrogen-bond acceptors (Lipinski definition) is 6. The summed E-state index contributed by atoms with van der Waals surface area (Å²) in [6.45, 7) is 2.27. The Morgan fingerprint density at radius 1 is 1.12 bits per heavy atom. The van der Waals surface area contributed by atoms with Crippen LogP contribution in [0.4, 0.5) is 11.8 Å². The van der Waals surface area contributed by atoms with Crippen LogP contribution >= 0.6 is 23.2 Å². The van der Waals surface area contributed by atoms with E-state index in [0.717, 1.165) is 36.4 Å². The van der Waals surface area contributed by atoms with Crippen molar-refractivity contribution in [2.24, 2.45) is 23.2 Å². The third-order valence-electron chi connectivity index (χ3n) is 7.81. The SMILES string of the molecule is N#Cc1cnc(NCc2ccccc2Cl)nc1NCC12CC3C[C@H](C1)C(NCCCl)[C@@H](C3)C2. The van der Waals surface area contributed by atoms with Gasteiger partial charge in [0.2, 0.25) is 5.95 Å². The van der Waals surface area contributed by atoms with Crippen LogP contribution in [0.1, 0.15) is 43.2 Å². The highest BCUT2D eigenvalue weighted by molar-refractivity contribution is 6.31. The molecule has 1 aromatic carbocycles. The van der Waals surface area contributed by atoms with E-state index in [1.165, 1.54) is 32.1 Å². The number of alkyl halides is 1. The molecular formula is C25H30Cl2N6. The van der Waals surface area contributed by atoms with E-state index in [1.54, 1.807) is 6.20 Å². The zero-order valence-corrected chi connectivity index (χ0v) is 20.2. The molecule has 0 saturated heterocycles. The average Bonchev–Trinajstić information content (AvgIpc) is 2.81. The van der Waals surface area contributed by atoms with E-state index in [-0.39, 0.29) is 0 Å². The van der Waals surface area contributed by atoms with Crippen molar-refractivity contribution in [1.29, 1.82) is 5.26 Å². The van der Waals surface area contributed by atoms with Gasteiger partial charge in [-0.05, 0) is 66.9 Å². The number of halogens is 2. The largest absolute Gasteiger partial charge is 0.368 e. The Balaban J connectivity index is 1.26. The van der Waals surface area contributed by atoms with Gasteiger partial charge in [-0.1, -0.05) is 29.8 Å². The second-order valence-electron chi connectivity index (χ2n) is 10.0. The highest BCUT2D eigenvalue weighted by Crippen LogP contribution is 2.60. The lowest BCUT2D eigenvalue weighted by Crippen LogP contribution is -2.59. The van der Waals surface area contributed by atoms with Gasteiger partial charge >= 0.3 is 0 Å². The van der Waals surface area contributed by atoms with Crippen molar-refractivity contribution in [1.82, 2.24) is 15.3 Å². The summed E-state index contributed by atoms with van der Waals surface area (Å²) in [7, 11) is 0. The lowest BCUT2D eigenvalue weighted by atomic mass is 9.48. The van der Waals surface area contributed by atoms with E-state index in [1.807, 2.05) is 24.3 Å². The molecule has 1 aromatic heterocycles. The first-order chi connectivity index (χ1) is 16.1. The number of hydrogen-bond donors (Lipinski definition) is 3. The highest BCUT2D eigenvalue weighted by Gasteiger charge is 2.54. The second-order valence-corrected chi connectivity index (χ2v) is 10.8. The number of anilines is 2. The van der Waals surface area contributed by atoms with Crippen LogP contribution < -0.4 is 16.0 Å². The molecule has 0 spiro atoms. The van der Waals surface area contributed by atoms with Crippen molar-refractivity contribution < 1.29 is 0 Å². The summed E-state index contributed by atoms with van der Waals surface area (Å²) < 4.78 is 0.